The summed E-state index contributed by atoms with van der Waals surface area (Å²) in [6, 6.07) is 0. The molecule has 0 aromatic carbocycles. The molecule has 21 heavy (non-hydrogen) atoms. The van der Waals surface area contributed by atoms with Crippen molar-refractivity contribution < 1.29 is 0 Å². The predicted molar refractivity (Wildman–Crippen MR) is 81.2 cm³/mol. The van der Waals surface area contributed by atoms with E-state index in [1.54, 1.807) is 4.68 Å². The molecule has 9 heteroatoms. The van der Waals surface area contributed by atoms with E-state index in [4.69, 9.17) is 5.84 Å². The van der Waals surface area contributed by atoms with Gasteiger partial charge >= 0.3 is 0 Å². The lowest BCUT2D eigenvalue weighted by atomic mass is 9.96. The number of aryl methyl sites for hydroxylation is 1. The first-order valence-electron chi connectivity index (χ1n) is 7.02. The number of hydrogen-bond donors (Lipinski definition) is 1. The molecular weight excluding hydrogens is 288 g/mol. The minimum atomic E-state index is -0.136. The van der Waals surface area contributed by atoms with Gasteiger partial charge in [0.05, 0.1) is 5.75 Å². The summed E-state index contributed by atoms with van der Waals surface area (Å²) in [7, 11) is 0. The molecule has 2 aromatic heterocycles. The molecule has 0 bridgehead atoms. The Bertz CT molecular complexity index is 582. The van der Waals surface area contributed by atoms with E-state index < -0.39 is 0 Å². The Balaban J connectivity index is 2.04. The van der Waals surface area contributed by atoms with Gasteiger partial charge in [0.1, 0.15) is 0 Å². The quantitative estimate of drug-likeness (QED) is 0.635. The zero-order valence-electron chi connectivity index (χ0n) is 12.9. The lowest BCUT2D eigenvalue weighted by Gasteiger charge is -2.16. The third-order valence-electron chi connectivity index (χ3n) is 3.00. The van der Waals surface area contributed by atoms with E-state index in [0.29, 0.717) is 10.9 Å². The van der Waals surface area contributed by atoms with Crippen molar-refractivity contribution in [1.29, 1.82) is 0 Å². The van der Waals surface area contributed by atoms with Crippen LogP contribution in [0.1, 0.15) is 52.2 Å². The van der Waals surface area contributed by atoms with Gasteiger partial charge < -0.3 is 5.84 Å². The summed E-state index contributed by atoms with van der Waals surface area (Å²) in [5, 5.41) is 20.8. The van der Waals surface area contributed by atoms with Gasteiger partial charge in [-0.05, 0) is 16.8 Å². The number of nitrogens with zero attached hydrogens (tertiary/aromatic N) is 7. The summed E-state index contributed by atoms with van der Waals surface area (Å²) in [6.07, 6.45) is 2.17. The number of unbranched alkanes of at least 4 members (excludes halogenated alkanes) is 1. The molecule has 0 aliphatic carbocycles. The Kier molecular flexibility index (Phi) is 4.81. The van der Waals surface area contributed by atoms with Gasteiger partial charge in [0.2, 0.25) is 5.16 Å². The SMILES string of the molecule is CCCCn1nnnc1CSc1nnc(C(C)(C)C)n1N. The van der Waals surface area contributed by atoms with Gasteiger partial charge in [-0.25, -0.2) is 9.36 Å². The highest BCUT2D eigenvalue weighted by atomic mass is 32.2. The average Bonchev–Trinajstić information content (AvgIpc) is 2.99. The zero-order chi connectivity index (χ0) is 15.5. The predicted octanol–water partition coefficient (Wildman–Crippen LogP) is 1.37. The summed E-state index contributed by atoms with van der Waals surface area (Å²) >= 11 is 1.49. The highest BCUT2D eigenvalue weighted by molar-refractivity contribution is 7.98. The molecule has 0 saturated heterocycles. The second-order valence-corrected chi connectivity index (χ2v) is 6.83. The van der Waals surface area contributed by atoms with E-state index >= 15 is 0 Å². The zero-order valence-corrected chi connectivity index (χ0v) is 13.8. The highest BCUT2D eigenvalue weighted by Gasteiger charge is 2.23. The second kappa shape index (κ2) is 6.42. The van der Waals surface area contributed by atoms with Crippen molar-refractivity contribution in [1.82, 2.24) is 35.1 Å². The molecule has 8 nitrogen and oxygen atoms in total. The highest BCUT2D eigenvalue weighted by Crippen LogP contribution is 2.24. The van der Waals surface area contributed by atoms with Crippen LogP contribution >= 0.6 is 11.8 Å². The first kappa shape index (κ1) is 15.7. The molecular formula is C12H22N8S. The Morgan fingerprint density at radius 2 is 1.95 bits per heavy atom. The van der Waals surface area contributed by atoms with Gasteiger partial charge in [0.15, 0.2) is 11.6 Å². The third kappa shape index (κ3) is 3.72. The monoisotopic (exact) mass is 310 g/mol. The minimum Gasteiger partial charge on any atom is -0.336 e. The van der Waals surface area contributed by atoms with Gasteiger partial charge in [-0.3, -0.25) is 0 Å². The maximum absolute atomic E-state index is 6.06. The summed E-state index contributed by atoms with van der Waals surface area (Å²) in [5.41, 5.74) is -0.136. The van der Waals surface area contributed by atoms with Crippen LogP contribution in [0.25, 0.3) is 0 Å². The molecule has 0 unspecified atom stereocenters. The minimum absolute atomic E-state index is 0.136. The van der Waals surface area contributed by atoms with Crippen LogP contribution in [0.3, 0.4) is 0 Å². The van der Waals surface area contributed by atoms with E-state index in [2.05, 4.69) is 53.4 Å². The molecule has 0 saturated carbocycles. The maximum Gasteiger partial charge on any atom is 0.210 e. The molecule has 0 aliphatic rings. The topological polar surface area (TPSA) is 100 Å². The molecule has 2 heterocycles. The van der Waals surface area contributed by atoms with Crippen LogP contribution in [0, 0.1) is 0 Å². The Morgan fingerprint density at radius 1 is 1.19 bits per heavy atom. The normalized spacial score (nSPS) is 12.0. The fraction of sp³-hybridized carbons (Fsp3) is 0.750. The van der Waals surface area contributed by atoms with Crippen LogP contribution in [0.2, 0.25) is 0 Å². The Morgan fingerprint density at radius 3 is 2.57 bits per heavy atom. The molecule has 0 fully saturated rings. The van der Waals surface area contributed by atoms with Crippen molar-refractivity contribution >= 4 is 11.8 Å². The van der Waals surface area contributed by atoms with Crippen LogP contribution in [0.4, 0.5) is 0 Å². The number of tetrazole rings is 1. The largest absolute Gasteiger partial charge is 0.336 e. The average molecular weight is 310 g/mol. The Hall–Kier alpha value is -1.64. The van der Waals surface area contributed by atoms with Crippen molar-refractivity contribution in [2.75, 3.05) is 5.84 Å². The van der Waals surface area contributed by atoms with Crippen LogP contribution in [0.5, 0.6) is 0 Å². The third-order valence-corrected chi connectivity index (χ3v) is 3.93. The number of thioether (sulfide) groups is 1. The molecule has 2 aromatic rings. The van der Waals surface area contributed by atoms with Gasteiger partial charge in [-0.15, -0.1) is 15.3 Å². The van der Waals surface area contributed by atoms with Crippen molar-refractivity contribution in [2.24, 2.45) is 0 Å². The van der Waals surface area contributed by atoms with Crippen molar-refractivity contribution in [2.45, 2.75) is 63.4 Å². The van der Waals surface area contributed by atoms with Gasteiger partial charge in [0.25, 0.3) is 0 Å². The summed E-state index contributed by atoms with van der Waals surface area (Å²) in [5.74, 6) is 8.27. The number of nitrogen functional groups attached to an aromatic ring is 1. The van der Waals surface area contributed by atoms with E-state index in [9.17, 15) is 0 Å². The van der Waals surface area contributed by atoms with Crippen LogP contribution in [-0.4, -0.2) is 35.1 Å². The van der Waals surface area contributed by atoms with E-state index in [1.165, 1.54) is 11.8 Å². The molecule has 2 N–H and O–H groups in total. The fourth-order valence-electron chi connectivity index (χ4n) is 1.82. The first-order chi connectivity index (χ1) is 9.93. The molecule has 0 amide bonds. The fourth-order valence-corrected chi connectivity index (χ4v) is 2.61. The number of nitrogens with two attached hydrogens (primary N) is 1. The van der Waals surface area contributed by atoms with Crippen molar-refractivity contribution in [3.8, 4) is 0 Å². The molecule has 0 radical (unpaired) electrons. The molecule has 0 atom stereocenters. The maximum atomic E-state index is 6.06. The van der Waals surface area contributed by atoms with Gasteiger partial charge in [-0.2, -0.15) is 0 Å². The molecule has 2 rings (SSSR count). The molecule has 116 valence electrons. The smallest absolute Gasteiger partial charge is 0.210 e. The number of hydrogen-bond acceptors (Lipinski definition) is 7. The van der Waals surface area contributed by atoms with Gasteiger partial charge in [-0.1, -0.05) is 45.9 Å². The molecule has 0 aliphatic heterocycles. The summed E-state index contributed by atoms with van der Waals surface area (Å²) in [4.78, 5) is 0. The Labute approximate surface area is 128 Å². The van der Waals surface area contributed by atoms with E-state index in [-0.39, 0.29) is 5.41 Å². The van der Waals surface area contributed by atoms with Crippen LogP contribution in [-0.2, 0) is 17.7 Å². The number of rotatable bonds is 6. The van der Waals surface area contributed by atoms with Crippen LogP contribution in [0.15, 0.2) is 5.16 Å². The first-order valence-corrected chi connectivity index (χ1v) is 8.01. The summed E-state index contributed by atoms with van der Waals surface area (Å²) < 4.78 is 3.38. The van der Waals surface area contributed by atoms with Crippen molar-refractivity contribution in [3.63, 3.8) is 0 Å². The lowest BCUT2D eigenvalue weighted by molar-refractivity contribution is 0.523. The van der Waals surface area contributed by atoms with Gasteiger partial charge in [0, 0.05) is 12.0 Å². The lowest BCUT2D eigenvalue weighted by Crippen LogP contribution is -2.24. The molecule has 0 spiro atoms. The van der Waals surface area contributed by atoms with E-state index in [0.717, 1.165) is 31.0 Å². The number of aromatic nitrogens is 7. The van der Waals surface area contributed by atoms with Crippen molar-refractivity contribution in [3.05, 3.63) is 11.6 Å². The second-order valence-electron chi connectivity index (χ2n) is 5.89. The summed E-state index contributed by atoms with van der Waals surface area (Å²) in [6.45, 7) is 9.14. The van der Waals surface area contributed by atoms with E-state index in [1.807, 2.05) is 4.68 Å². The standard InChI is InChI=1S/C12H22N8S/c1-5-6-7-19-9(14-17-18-19)8-21-11-16-15-10(20(11)13)12(2,3)4/h5-8,13H2,1-4H3. The van der Waals surface area contributed by atoms with Crippen LogP contribution < -0.4 is 5.84 Å².